The summed E-state index contributed by atoms with van der Waals surface area (Å²) in [6.45, 7) is 4.05. The van der Waals surface area contributed by atoms with Gasteiger partial charge in [-0.25, -0.2) is 24.3 Å². The van der Waals surface area contributed by atoms with E-state index in [1.807, 2.05) is 17.1 Å². The Morgan fingerprint density at radius 2 is 1.82 bits per heavy atom. The van der Waals surface area contributed by atoms with Gasteiger partial charge in [0.2, 0.25) is 0 Å². The predicted octanol–water partition coefficient (Wildman–Crippen LogP) is 5.91. The van der Waals surface area contributed by atoms with Crippen molar-refractivity contribution in [3.63, 3.8) is 0 Å². The summed E-state index contributed by atoms with van der Waals surface area (Å²) in [4.78, 5) is 18.5. The van der Waals surface area contributed by atoms with Crippen molar-refractivity contribution in [2.75, 3.05) is 6.61 Å². The Morgan fingerprint density at radius 3 is 2.55 bits per heavy atom. The van der Waals surface area contributed by atoms with Gasteiger partial charge < -0.3 is 9.47 Å². The molecule has 0 amide bonds. The van der Waals surface area contributed by atoms with Crippen LogP contribution in [0.4, 0.5) is 17.6 Å². The van der Waals surface area contributed by atoms with E-state index in [4.69, 9.17) is 14.7 Å². The summed E-state index contributed by atoms with van der Waals surface area (Å²) in [5.74, 6) is -1.23. The van der Waals surface area contributed by atoms with Crippen LogP contribution in [0.15, 0.2) is 30.6 Å². The molecule has 1 aromatic carbocycles. The van der Waals surface area contributed by atoms with Crippen LogP contribution >= 0.6 is 0 Å². The lowest BCUT2D eigenvalue weighted by atomic mass is 9.92. The van der Waals surface area contributed by atoms with E-state index in [0.717, 1.165) is 24.5 Å². The molecule has 198 valence electrons. The monoisotopic (exact) mass is 528 g/mol. The smallest absolute Gasteiger partial charge is 0.406 e. The molecule has 38 heavy (non-hydrogen) atoms. The first kappa shape index (κ1) is 24.7. The van der Waals surface area contributed by atoms with Crippen LogP contribution in [-0.2, 0) is 4.74 Å². The second-order valence-corrected chi connectivity index (χ2v) is 9.75. The highest BCUT2D eigenvalue weighted by Gasteiger charge is 2.33. The Bertz CT molecular complexity index is 1520. The first-order chi connectivity index (χ1) is 18.1. The topological polar surface area (TPSA) is 87.8 Å². The van der Waals surface area contributed by atoms with Crippen molar-refractivity contribution in [3.8, 4) is 17.0 Å². The lowest BCUT2D eigenvalue weighted by Crippen LogP contribution is -2.20. The molecule has 1 saturated carbocycles. The molecule has 8 nitrogen and oxygen atoms in total. The van der Waals surface area contributed by atoms with Crippen LogP contribution in [-0.4, -0.2) is 42.7 Å². The third-order valence-electron chi connectivity index (χ3n) is 6.95. The van der Waals surface area contributed by atoms with E-state index in [9.17, 15) is 13.2 Å². The number of benzene rings is 1. The zero-order valence-electron chi connectivity index (χ0n) is 20.7. The minimum atomic E-state index is -4.93. The van der Waals surface area contributed by atoms with Crippen molar-refractivity contribution in [3.05, 3.63) is 59.2 Å². The maximum Gasteiger partial charge on any atom is 0.573 e. The first-order valence-corrected chi connectivity index (χ1v) is 12.4. The molecule has 2 fully saturated rings. The SMILES string of the molecule is Cc1nc2nc([C@H]3CCO[C@@H](c4cnn(C5CC5)c4)C3)nc(-c3ccc(OC(F)(F)F)cc3F)c2nc1C. The van der Waals surface area contributed by atoms with E-state index in [1.165, 1.54) is 6.07 Å². The minimum absolute atomic E-state index is 0.0138. The van der Waals surface area contributed by atoms with Gasteiger partial charge in [-0.05, 0) is 51.7 Å². The molecule has 0 unspecified atom stereocenters. The number of hydrogen-bond donors (Lipinski definition) is 0. The highest BCUT2D eigenvalue weighted by atomic mass is 19.4. The summed E-state index contributed by atoms with van der Waals surface area (Å²) in [5, 5.41) is 4.47. The van der Waals surface area contributed by atoms with Gasteiger partial charge in [0.1, 0.15) is 28.6 Å². The molecule has 2 atom stereocenters. The number of halogens is 4. The fourth-order valence-electron chi connectivity index (χ4n) is 4.71. The van der Waals surface area contributed by atoms with Gasteiger partial charge in [0, 0.05) is 35.9 Å². The number of ether oxygens (including phenoxy) is 2. The Balaban J connectivity index is 1.39. The van der Waals surface area contributed by atoms with Crippen molar-refractivity contribution in [2.45, 2.75) is 64.0 Å². The highest BCUT2D eigenvalue weighted by molar-refractivity contribution is 5.87. The van der Waals surface area contributed by atoms with Crippen LogP contribution in [0.1, 0.15) is 66.5 Å². The van der Waals surface area contributed by atoms with E-state index in [0.29, 0.717) is 54.4 Å². The fraction of sp³-hybridized carbons (Fsp3) is 0.423. The lowest BCUT2D eigenvalue weighted by Gasteiger charge is -2.28. The van der Waals surface area contributed by atoms with E-state index in [1.54, 1.807) is 13.8 Å². The molecule has 4 heterocycles. The fourth-order valence-corrected chi connectivity index (χ4v) is 4.71. The summed E-state index contributed by atoms with van der Waals surface area (Å²) in [7, 11) is 0. The Hall–Kier alpha value is -3.67. The Labute approximate surface area is 215 Å². The molecule has 0 radical (unpaired) electrons. The van der Waals surface area contributed by atoms with Crippen LogP contribution in [0, 0.1) is 19.7 Å². The predicted molar refractivity (Wildman–Crippen MR) is 128 cm³/mol. The van der Waals surface area contributed by atoms with E-state index in [-0.39, 0.29) is 28.8 Å². The summed E-state index contributed by atoms with van der Waals surface area (Å²) in [5.41, 5.74) is 3.00. The zero-order valence-corrected chi connectivity index (χ0v) is 20.7. The van der Waals surface area contributed by atoms with Crippen LogP contribution in [0.3, 0.4) is 0 Å². The van der Waals surface area contributed by atoms with Gasteiger partial charge in [0.25, 0.3) is 0 Å². The van der Waals surface area contributed by atoms with E-state index >= 15 is 4.39 Å². The number of aromatic nitrogens is 6. The van der Waals surface area contributed by atoms with Gasteiger partial charge in [-0.15, -0.1) is 13.2 Å². The number of fused-ring (bicyclic) bond motifs is 1. The van der Waals surface area contributed by atoms with Crippen molar-refractivity contribution in [2.24, 2.45) is 0 Å². The standard InChI is InChI=1S/C26H24F4N6O2/c1-13-14(2)33-25-23(32-13)22(19-6-5-18(10-20(19)27)38-26(28,29)30)34-24(35-25)15-7-8-37-21(9-15)16-11-31-36(12-16)17-3-4-17/h5-6,10-12,15,17,21H,3-4,7-9H2,1-2H3/t15-,21+/m0/s1. The lowest BCUT2D eigenvalue weighted by molar-refractivity contribution is -0.274. The van der Waals surface area contributed by atoms with Crippen LogP contribution in [0.25, 0.3) is 22.4 Å². The maximum absolute atomic E-state index is 15.2. The molecular formula is C26H24F4N6O2. The molecule has 0 spiro atoms. The molecule has 0 bridgehead atoms. The minimum Gasteiger partial charge on any atom is -0.406 e. The molecule has 3 aromatic heterocycles. The molecule has 2 aliphatic rings. The summed E-state index contributed by atoms with van der Waals surface area (Å²) in [6, 6.07) is 3.41. The van der Waals surface area contributed by atoms with Gasteiger partial charge in [-0.3, -0.25) is 4.68 Å². The molecule has 1 aliphatic heterocycles. The van der Waals surface area contributed by atoms with Gasteiger partial charge >= 0.3 is 6.36 Å². The molecular weight excluding hydrogens is 504 g/mol. The summed E-state index contributed by atoms with van der Waals surface area (Å²) >= 11 is 0. The van der Waals surface area contributed by atoms with Crippen LogP contribution < -0.4 is 4.74 Å². The van der Waals surface area contributed by atoms with Gasteiger partial charge in [-0.1, -0.05) is 0 Å². The van der Waals surface area contributed by atoms with Crippen molar-refractivity contribution >= 4 is 11.2 Å². The Kier molecular flexibility index (Phi) is 6.01. The number of hydrogen-bond acceptors (Lipinski definition) is 7. The molecule has 1 aliphatic carbocycles. The number of alkyl halides is 3. The number of nitrogens with zero attached hydrogens (tertiary/aromatic N) is 6. The average Bonchev–Trinajstić information content (AvgIpc) is 3.60. The average molecular weight is 529 g/mol. The van der Waals surface area contributed by atoms with E-state index in [2.05, 4.69) is 19.8 Å². The number of aryl methyl sites for hydroxylation is 2. The van der Waals surface area contributed by atoms with E-state index < -0.39 is 17.9 Å². The third kappa shape index (κ3) is 4.92. The number of rotatable bonds is 5. The van der Waals surface area contributed by atoms with Gasteiger partial charge in [0.15, 0.2) is 5.65 Å². The molecule has 0 N–H and O–H groups in total. The summed E-state index contributed by atoms with van der Waals surface area (Å²) in [6.07, 6.45) is 2.23. The largest absolute Gasteiger partial charge is 0.573 e. The quantitative estimate of drug-likeness (QED) is 0.298. The molecule has 12 heteroatoms. The Morgan fingerprint density at radius 1 is 1.03 bits per heavy atom. The summed E-state index contributed by atoms with van der Waals surface area (Å²) < 4.78 is 65.0. The van der Waals surface area contributed by atoms with Crippen molar-refractivity contribution in [1.29, 1.82) is 0 Å². The molecule has 1 saturated heterocycles. The third-order valence-corrected chi connectivity index (χ3v) is 6.95. The maximum atomic E-state index is 15.2. The molecule has 6 rings (SSSR count). The van der Waals surface area contributed by atoms with Gasteiger partial charge in [-0.2, -0.15) is 5.10 Å². The normalized spacial score (nSPS) is 20.2. The van der Waals surface area contributed by atoms with Crippen molar-refractivity contribution in [1.82, 2.24) is 29.7 Å². The molecule has 4 aromatic rings. The second-order valence-electron chi connectivity index (χ2n) is 9.75. The zero-order chi connectivity index (χ0) is 26.6. The van der Waals surface area contributed by atoms with Crippen LogP contribution in [0.2, 0.25) is 0 Å². The first-order valence-electron chi connectivity index (χ1n) is 12.4. The highest BCUT2D eigenvalue weighted by Crippen LogP contribution is 2.40. The second kappa shape index (κ2) is 9.26. The van der Waals surface area contributed by atoms with Crippen molar-refractivity contribution < 1.29 is 27.0 Å². The van der Waals surface area contributed by atoms with Crippen LogP contribution in [0.5, 0.6) is 5.75 Å². The van der Waals surface area contributed by atoms with Gasteiger partial charge in [0.05, 0.1) is 29.7 Å².